The largest absolute Gasteiger partial charge is 0.322 e. The molecule has 0 heterocycles. The molecule has 0 atom stereocenters. The monoisotopic (exact) mass is 386 g/mol. The van der Waals surface area contributed by atoms with Crippen molar-refractivity contribution in [1.82, 2.24) is 4.72 Å². The molecule has 6 nitrogen and oxygen atoms in total. The van der Waals surface area contributed by atoms with Crippen molar-refractivity contribution >= 4 is 27.4 Å². The van der Waals surface area contributed by atoms with E-state index in [9.17, 15) is 18.0 Å². The number of benzene rings is 2. The number of rotatable bonds is 6. The molecular weight excluding hydrogens is 364 g/mol. The Morgan fingerprint density at radius 1 is 0.963 bits per heavy atom. The summed E-state index contributed by atoms with van der Waals surface area (Å²) in [6.07, 6.45) is 3.74. The van der Waals surface area contributed by atoms with E-state index in [0.29, 0.717) is 11.3 Å². The first-order chi connectivity index (χ1) is 12.8. The molecule has 27 heavy (non-hydrogen) atoms. The first kappa shape index (κ1) is 19.3. The predicted octanol–water partition coefficient (Wildman–Crippen LogP) is 3.36. The summed E-state index contributed by atoms with van der Waals surface area (Å²) in [4.78, 5) is 23.8. The van der Waals surface area contributed by atoms with Gasteiger partial charge in [-0.15, -0.1) is 0 Å². The average Bonchev–Trinajstić information content (AvgIpc) is 3.14. The van der Waals surface area contributed by atoms with Crippen molar-refractivity contribution < 1.29 is 18.0 Å². The van der Waals surface area contributed by atoms with Gasteiger partial charge in [-0.2, -0.15) is 0 Å². The van der Waals surface area contributed by atoms with Crippen LogP contribution in [0.4, 0.5) is 5.69 Å². The Morgan fingerprint density at radius 2 is 1.63 bits per heavy atom. The van der Waals surface area contributed by atoms with Gasteiger partial charge in [0.2, 0.25) is 10.0 Å². The highest BCUT2D eigenvalue weighted by Crippen LogP contribution is 2.21. The third-order valence-electron chi connectivity index (χ3n) is 4.63. The van der Waals surface area contributed by atoms with Crippen molar-refractivity contribution in [3.05, 3.63) is 59.7 Å². The van der Waals surface area contributed by atoms with E-state index in [1.165, 1.54) is 19.1 Å². The molecule has 7 heteroatoms. The van der Waals surface area contributed by atoms with Crippen molar-refractivity contribution in [1.29, 1.82) is 0 Å². The highest BCUT2D eigenvalue weighted by molar-refractivity contribution is 7.89. The fourth-order valence-electron chi connectivity index (χ4n) is 3.13. The topological polar surface area (TPSA) is 92.3 Å². The van der Waals surface area contributed by atoms with E-state index in [0.717, 1.165) is 25.7 Å². The molecule has 1 fully saturated rings. The average molecular weight is 386 g/mol. The molecule has 0 radical (unpaired) electrons. The number of carbonyl (C=O) groups excluding carboxylic acids is 2. The Morgan fingerprint density at radius 3 is 2.26 bits per heavy atom. The molecule has 0 unspecified atom stereocenters. The number of carbonyl (C=O) groups is 2. The normalized spacial score (nSPS) is 14.9. The van der Waals surface area contributed by atoms with Crippen molar-refractivity contribution in [2.24, 2.45) is 0 Å². The lowest BCUT2D eigenvalue weighted by molar-refractivity contribution is 0.101. The van der Waals surface area contributed by atoms with Gasteiger partial charge < -0.3 is 5.32 Å². The van der Waals surface area contributed by atoms with Crippen molar-refractivity contribution in [2.75, 3.05) is 5.32 Å². The van der Waals surface area contributed by atoms with Crippen LogP contribution in [0.3, 0.4) is 0 Å². The van der Waals surface area contributed by atoms with Gasteiger partial charge in [-0.3, -0.25) is 9.59 Å². The van der Waals surface area contributed by atoms with Crippen molar-refractivity contribution in [2.45, 2.75) is 43.5 Å². The molecular formula is C20H22N2O4S. The molecule has 0 saturated heterocycles. The van der Waals surface area contributed by atoms with E-state index in [1.807, 2.05) is 0 Å². The fourth-order valence-corrected chi connectivity index (χ4v) is 4.48. The number of anilines is 1. The van der Waals surface area contributed by atoms with Crippen molar-refractivity contribution in [3.63, 3.8) is 0 Å². The summed E-state index contributed by atoms with van der Waals surface area (Å²) in [6.45, 7) is 1.47. The Labute approximate surface area is 159 Å². The zero-order valence-electron chi connectivity index (χ0n) is 15.1. The van der Waals surface area contributed by atoms with E-state index in [2.05, 4.69) is 10.0 Å². The van der Waals surface area contributed by atoms with E-state index >= 15 is 0 Å². The van der Waals surface area contributed by atoms with Gasteiger partial charge in [-0.25, -0.2) is 13.1 Å². The van der Waals surface area contributed by atoms with E-state index in [1.54, 1.807) is 36.4 Å². The quantitative estimate of drug-likeness (QED) is 0.745. The van der Waals surface area contributed by atoms with E-state index < -0.39 is 15.9 Å². The Kier molecular flexibility index (Phi) is 5.72. The van der Waals surface area contributed by atoms with Gasteiger partial charge in [0.05, 0.1) is 4.90 Å². The molecule has 142 valence electrons. The van der Waals surface area contributed by atoms with Crippen molar-refractivity contribution in [3.8, 4) is 0 Å². The summed E-state index contributed by atoms with van der Waals surface area (Å²) < 4.78 is 27.8. The number of hydrogen-bond acceptors (Lipinski definition) is 4. The maximum atomic E-state index is 12.5. The van der Waals surface area contributed by atoms with Crippen LogP contribution in [0, 0.1) is 0 Å². The first-order valence-corrected chi connectivity index (χ1v) is 10.4. The molecule has 2 aromatic carbocycles. The summed E-state index contributed by atoms with van der Waals surface area (Å²) in [5.41, 5.74) is 1.33. The number of ketones is 1. The molecule has 1 amide bonds. The molecule has 1 aliphatic rings. The minimum atomic E-state index is -3.66. The standard InChI is InChI=1S/C20H22N2O4S/c1-14(23)15-9-11-17(12-10-15)21-20(24)16-5-4-8-19(13-16)27(25,26)22-18-6-2-3-7-18/h4-5,8-13,18,22H,2-3,6-7H2,1H3,(H,21,24). The second-order valence-corrected chi connectivity index (χ2v) is 8.43. The van der Waals surface area contributed by atoms with Gasteiger partial charge in [0.1, 0.15) is 0 Å². The van der Waals surface area contributed by atoms with Crippen LogP contribution in [-0.4, -0.2) is 26.2 Å². The smallest absolute Gasteiger partial charge is 0.255 e. The van der Waals surface area contributed by atoms with E-state index in [4.69, 9.17) is 0 Å². The van der Waals surface area contributed by atoms with Crippen LogP contribution in [0.2, 0.25) is 0 Å². The van der Waals surface area contributed by atoms with Crippen LogP contribution >= 0.6 is 0 Å². The number of sulfonamides is 1. The number of Topliss-reactive ketones (excluding diaryl/α,β-unsaturated/α-hetero) is 1. The first-order valence-electron chi connectivity index (χ1n) is 8.90. The predicted molar refractivity (Wildman–Crippen MR) is 103 cm³/mol. The minimum Gasteiger partial charge on any atom is -0.322 e. The third kappa shape index (κ3) is 4.81. The second kappa shape index (κ2) is 8.02. The number of amides is 1. The minimum absolute atomic E-state index is 0.0349. The van der Waals surface area contributed by atoms with Crippen LogP contribution < -0.4 is 10.0 Å². The van der Waals surface area contributed by atoms with Gasteiger partial charge in [-0.05, 0) is 62.2 Å². The molecule has 0 bridgehead atoms. The van der Waals surface area contributed by atoms with Gasteiger partial charge in [0.25, 0.3) is 5.91 Å². The maximum absolute atomic E-state index is 12.5. The number of hydrogen-bond donors (Lipinski definition) is 2. The summed E-state index contributed by atoms with van der Waals surface area (Å²) in [5, 5.41) is 2.71. The van der Waals surface area contributed by atoms with Crippen LogP contribution in [0.25, 0.3) is 0 Å². The van der Waals surface area contributed by atoms with E-state index in [-0.39, 0.29) is 22.3 Å². The highest BCUT2D eigenvalue weighted by atomic mass is 32.2. The third-order valence-corrected chi connectivity index (χ3v) is 6.15. The summed E-state index contributed by atoms with van der Waals surface area (Å²) in [6, 6.07) is 12.5. The van der Waals surface area contributed by atoms with Gasteiger partial charge in [0.15, 0.2) is 5.78 Å². The Hall–Kier alpha value is -2.51. The summed E-state index contributed by atoms with van der Waals surface area (Å²) >= 11 is 0. The van der Waals surface area contributed by atoms with Gasteiger partial charge >= 0.3 is 0 Å². The van der Waals surface area contributed by atoms with Crippen LogP contribution in [-0.2, 0) is 10.0 Å². The number of nitrogens with one attached hydrogen (secondary N) is 2. The Bertz CT molecular complexity index is 946. The lowest BCUT2D eigenvalue weighted by atomic mass is 10.1. The summed E-state index contributed by atoms with van der Waals surface area (Å²) in [5.74, 6) is -0.468. The SMILES string of the molecule is CC(=O)c1ccc(NC(=O)c2cccc(S(=O)(=O)NC3CCCC3)c2)cc1. The molecule has 0 aromatic heterocycles. The van der Waals surface area contributed by atoms with Crippen LogP contribution in [0.15, 0.2) is 53.4 Å². The summed E-state index contributed by atoms with van der Waals surface area (Å²) in [7, 11) is -3.66. The van der Waals surface area contributed by atoms with Crippen LogP contribution in [0.5, 0.6) is 0 Å². The highest BCUT2D eigenvalue weighted by Gasteiger charge is 2.23. The molecule has 1 aliphatic carbocycles. The maximum Gasteiger partial charge on any atom is 0.255 e. The molecule has 0 spiro atoms. The zero-order chi connectivity index (χ0) is 19.4. The molecule has 2 N–H and O–H groups in total. The fraction of sp³-hybridized carbons (Fsp3) is 0.300. The molecule has 2 aromatic rings. The Balaban J connectivity index is 1.74. The lowest BCUT2D eigenvalue weighted by Crippen LogP contribution is -2.32. The van der Waals surface area contributed by atoms with Gasteiger partial charge in [0, 0.05) is 22.9 Å². The molecule has 1 saturated carbocycles. The van der Waals surface area contributed by atoms with Gasteiger partial charge in [-0.1, -0.05) is 18.9 Å². The molecule has 3 rings (SSSR count). The second-order valence-electron chi connectivity index (χ2n) is 6.72. The zero-order valence-corrected chi connectivity index (χ0v) is 15.9. The van der Waals surface area contributed by atoms with Crippen LogP contribution in [0.1, 0.15) is 53.3 Å². The molecule has 0 aliphatic heterocycles. The lowest BCUT2D eigenvalue weighted by Gasteiger charge is -2.13.